The number of halogens is 2. The average molecular weight is 447 g/mol. The first kappa shape index (κ1) is 17.9. The SMILES string of the molecule is CCc1c(C(C)=O)sc(Nc2ccc(I)cc2F)c1C(=O)OC. The van der Waals surface area contributed by atoms with Gasteiger partial charge in [-0.1, -0.05) is 6.92 Å². The lowest BCUT2D eigenvalue weighted by atomic mass is 10.1. The van der Waals surface area contributed by atoms with E-state index in [2.05, 4.69) is 5.32 Å². The highest BCUT2D eigenvalue weighted by molar-refractivity contribution is 14.1. The zero-order valence-electron chi connectivity index (χ0n) is 12.8. The van der Waals surface area contributed by atoms with E-state index in [0.717, 1.165) is 14.9 Å². The highest BCUT2D eigenvalue weighted by Gasteiger charge is 2.25. The van der Waals surface area contributed by atoms with Crippen LogP contribution in [0.1, 0.15) is 39.4 Å². The van der Waals surface area contributed by atoms with Gasteiger partial charge in [0.15, 0.2) is 5.78 Å². The largest absolute Gasteiger partial charge is 0.465 e. The van der Waals surface area contributed by atoms with E-state index < -0.39 is 11.8 Å². The van der Waals surface area contributed by atoms with E-state index in [1.54, 1.807) is 12.1 Å². The first-order chi connectivity index (χ1) is 10.9. The van der Waals surface area contributed by atoms with Gasteiger partial charge in [0.25, 0.3) is 0 Å². The van der Waals surface area contributed by atoms with Gasteiger partial charge in [0.2, 0.25) is 0 Å². The minimum Gasteiger partial charge on any atom is -0.465 e. The van der Waals surface area contributed by atoms with E-state index in [9.17, 15) is 14.0 Å². The Morgan fingerprint density at radius 3 is 2.61 bits per heavy atom. The summed E-state index contributed by atoms with van der Waals surface area (Å²) in [7, 11) is 1.28. The van der Waals surface area contributed by atoms with Gasteiger partial charge < -0.3 is 10.1 Å². The molecule has 0 spiro atoms. The third-order valence-corrected chi connectivity index (χ3v) is 5.17. The van der Waals surface area contributed by atoms with Crippen LogP contribution in [0.4, 0.5) is 15.1 Å². The minimum absolute atomic E-state index is 0.131. The number of ether oxygens (including phenoxy) is 1. The first-order valence-corrected chi connectivity index (χ1v) is 8.75. The Morgan fingerprint density at radius 1 is 1.39 bits per heavy atom. The number of anilines is 2. The Bertz CT molecular complexity index is 773. The summed E-state index contributed by atoms with van der Waals surface area (Å²) in [6.45, 7) is 3.30. The van der Waals surface area contributed by atoms with Crippen LogP contribution in [0.15, 0.2) is 18.2 Å². The molecular formula is C16H15FINO3S. The molecule has 0 atom stereocenters. The normalized spacial score (nSPS) is 10.5. The number of methoxy groups -OCH3 is 1. The van der Waals surface area contributed by atoms with Gasteiger partial charge in [-0.25, -0.2) is 9.18 Å². The molecule has 0 amide bonds. The third-order valence-electron chi connectivity index (χ3n) is 3.25. The molecule has 7 heteroatoms. The van der Waals surface area contributed by atoms with Crippen LogP contribution >= 0.6 is 33.9 Å². The van der Waals surface area contributed by atoms with Crippen molar-refractivity contribution in [3.8, 4) is 0 Å². The van der Waals surface area contributed by atoms with Crippen molar-refractivity contribution in [1.82, 2.24) is 0 Å². The fourth-order valence-electron chi connectivity index (χ4n) is 2.21. The molecule has 4 nitrogen and oxygen atoms in total. The molecule has 23 heavy (non-hydrogen) atoms. The Morgan fingerprint density at radius 2 is 2.09 bits per heavy atom. The third kappa shape index (κ3) is 3.72. The van der Waals surface area contributed by atoms with Crippen molar-refractivity contribution >= 4 is 56.4 Å². The number of rotatable bonds is 5. The van der Waals surface area contributed by atoms with Gasteiger partial charge in [0, 0.05) is 3.57 Å². The predicted octanol–water partition coefficient (Wildman–Crippen LogP) is 4.79. The smallest absolute Gasteiger partial charge is 0.341 e. The summed E-state index contributed by atoms with van der Waals surface area (Å²) < 4.78 is 19.6. The topological polar surface area (TPSA) is 55.4 Å². The van der Waals surface area contributed by atoms with Gasteiger partial charge in [0.1, 0.15) is 10.8 Å². The quantitative estimate of drug-likeness (QED) is 0.407. The maximum absolute atomic E-state index is 14.1. The zero-order valence-corrected chi connectivity index (χ0v) is 15.8. The van der Waals surface area contributed by atoms with E-state index in [-0.39, 0.29) is 11.5 Å². The lowest BCUT2D eigenvalue weighted by Crippen LogP contribution is -2.07. The van der Waals surface area contributed by atoms with Crippen molar-refractivity contribution in [2.24, 2.45) is 0 Å². The van der Waals surface area contributed by atoms with E-state index >= 15 is 0 Å². The predicted molar refractivity (Wildman–Crippen MR) is 97.4 cm³/mol. The molecule has 1 aromatic carbocycles. The molecule has 1 N–H and O–H groups in total. The number of thiophene rings is 1. The summed E-state index contributed by atoms with van der Waals surface area (Å²) in [5, 5.41) is 3.34. The molecule has 0 aliphatic rings. The number of hydrogen-bond acceptors (Lipinski definition) is 5. The molecular weight excluding hydrogens is 432 g/mol. The number of hydrogen-bond donors (Lipinski definition) is 1. The van der Waals surface area contributed by atoms with Crippen LogP contribution in [0, 0.1) is 9.39 Å². The monoisotopic (exact) mass is 447 g/mol. The van der Waals surface area contributed by atoms with Crippen LogP contribution in [0.2, 0.25) is 0 Å². The fourth-order valence-corrected chi connectivity index (χ4v) is 3.85. The van der Waals surface area contributed by atoms with Crippen molar-refractivity contribution < 1.29 is 18.7 Å². The Balaban J connectivity index is 2.56. The zero-order chi connectivity index (χ0) is 17.1. The number of carbonyl (C=O) groups is 2. The minimum atomic E-state index is -0.543. The summed E-state index contributed by atoms with van der Waals surface area (Å²) in [5.41, 5.74) is 1.17. The summed E-state index contributed by atoms with van der Waals surface area (Å²) in [5.74, 6) is -1.10. The molecule has 0 bridgehead atoms. The van der Waals surface area contributed by atoms with E-state index in [1.807, 2.05) is 29.5 Å². The van der Waals surface area contributed by atoms with E-state index in [1.165, 1.54) is 20.1 Å². The summed E-state index contributed by atoms with van der Waals surface area (Å²) in [6, 6.07) is 4.74. The Kier molecular flexibility index (Phi) is 5.74. The second-order valence-electron chi connectivity index (χ2n) is 4.76. The van der Waals surface area contributed by atoms with Crippen LogP contribution in [-0.4, -0.2) is 18.9 Å². The van der Waals surface area contributed by atoms with Crippen LogP contribution in [0.25, 0.3) is 0 Å². The second-order valence-corrected chi connectivity index (χ2v) is 7.03. The first-order valence-electron chi connectivity index (χ1n) is 6.86. The van der Waals surface area contributed by atoms with Crippen molar-refractivity contribution in [1.29, 1.82) is 0 Å². The molecule has 0 saturated carbocycles. The van der Waals surface area contributed by atoms with Crippen LogP contribution < -0.4 is 5.32 Å². The van der Waals surface area contributed by atoms with Gasteiger partial charge in [0.05, 0.1) is 23.2 Å². The molecule has 0 aliphatic heterocycles. The molecule has 1 heterocycles. The number of nitrogens with one attached hydrogen (secondary N) is 1. The van der Waals surface area contributed by atoms with Crippen molar-refractivity contribution in [3.63, 3.8) is 0 Å². The van der Waals surface area contributed by atoms with Gasteiger partial charge >= 0.3 is 5.97 Å². The number of ketones is 1. The molecule has 122 valence electrons. The Labute approximate surface area is 151 Å². The summed E-state index contributed by atoms with van der Waals surface area (Å²) >= 11 is 3.16. The van der Waals surface area contributed by atoms with Crippen molar-refractivity contribution in [2.45, 2.75) is 20.3 Å². The average Bonchev–Trinajstić information content (AvgIpc) is 2.87. The number of benzene rings is 1. The molecule has 0 saturated heterocycles. The lowest BCUT2D eigenvalue weighted by molar-refractivity contribution is 0.0601. The number of carbonyl (C=O) groups excluding carboxylic acids is 2. The summed E-state index contributed by atoms with van der Waals surface area (Å²) in [4.78, 5) is 24.4. The molecule has 0 fully saturated rings. The molecule has 2 rings (SSSR count). The maximum Gasteiger partial charge on any atom is 0.341 e. The molecule has 0 aliphatic carbocycles. The van der Waals surface area contributed by atoms with Crippen LogP contribution in [0.3, 0.4) is 0 Å². The number of esters is 1. The van der Waals surface area contributed by atoms with Crippen molar-refractivity contribution in [2.75, 3.05) is 12.4 Å². The van der Waals surface area contributed by atoms with E-state index in [4.69, 9.17) is 4.74 Å². The van der Waals surface area contributed by atoms with Gasteiger partial charge in [-0.15, -0.1) is 11.3 Å². The maximum atomic E-state index is 14.1. The fraction of sp³-hybridized carbons (Fsp3) is 0.250. The number of Topliss-reactive ketones (excluding diaryl/α,β-unsaturated/α-hetero) is 1. The molecule has 0 unspecified atom stereocenters. The highest BCUT2D eigenvalue weighted by atomic mass is 127. The lowest BCUT2D eigenvalue weighted by Gasteiger charge is -2.09. The molecule has 1 aromatic heterocycles. The van der Waals surface area contributed by atoms with Crippen LogP contribution in [0.5, 0.6) is 0 Å². The molecule has 0 radical (unpaired) electrons. The standard InChI is InChI=1S/C16H15FINO3S/c1-4-10-13(16(21)22-3)15(23-14(10)8(2)20)19-12-6-5-9(18)7-11(12)17/h5-7,19H,4H2,1-3H3. The highest BCUT2D eigenvalue weighted by Crippen LogP contribution is 2.37. The van der Waals surface area contributed by atoms with E-state index in [0.29, 0.717) is 27.4 Å². The Hall–Kier alpha value is -1.48. The van der Waals surface area contributed by atoms with Gasteiger partial charge in [-0.2, -0.15) is 0 Å². The van der Waals surface area contributed by atoms with Gasteiger partial charge in [-0.05, 0) is 59.7 Å². The van der Waals surface area contributed by atoms with Crippen LogP contribution in [-0.2, 0) is 11.2 Å². The summed E-state index contributed by atoms with van der Waals surface area (Å²) in [6.07, 6.45) is 0.507. The molecule has 2 aromatic rings. The van der Waals surface area contributed by atoms with Gasteiger partial charge in [-0.3, -0.25) is 4.79 Å². The second kappa shape index (κ2) is 7.39. The van der Waals surface area contributed by atoms with Crippen molar-refractivity contribution in [3.05, 3.63) is 43.6 Å².